The average molecular weight is 223 g/mol. The van der Waals surface area contributed by atoms with E-state index in [2.05, 4.69) is 6.07 Å². The van der Waals surface area contributed by atoms with Crippen LogP contribution in [0.5, 0.6) is 11.5 Å². The minimum absolute atomic E-state index is 0.328. The summed E-state index contributed by atoms with van der Waals surface area (Å²) in [6.07, 6.45) is 2.30. The second-order valence-corrected chi connectivity index (χ2v) is 3.70. The van der Waals surface area contributed by atoms with Gasteiger partial charge in [0.05, 0.1) is 31.6 Å². The van der Waals surface area contributed by atoms with Crippen LogP contribution in [0.3, 0.4) is 0 Å². The number of benzene rings is 1. The maximum absolute atomic E-state index is 8.68. The second-order valence-electron chi connectivity index (χ2n) is 2.85. The number of thioether (sulfide) groups is 1. The highest BCUT2D eigenvalue weighted by atomic mass is 32.2. The molecule has 0 atom stereocenters. The van der Waals surface area contributed by atoms with Gasteiger partial charge in [-0.2, -0.15) is 5.26 Å². The summed E-state index contributed by atoms with van der Waals surface area (Å²) in [4.78, 5) is 1.01. The van der Waals surface area contributed by atoms with E-state index < -0.39 is 0 Å². The molecular weight excluding hydrogens is 210 g/mol. The lowest BCUT2D eigenvalue weighted by Gasteiger charge is -2.11. The van der Waals surface area contributed by atoms with Crippen LogP contribution in [0.15, 0.2) is 17.0 Å². The fraction of sp³-hybridized carbons (Fsp3) is 0.364. The van der Waals surface area contributed by atoms with Crippen LogP contribution < -0.4 is 9.47 Å². The van der Waals surface area contributed by atoms with E-state index in [-0.39, 0.29) is 0 Å². The monoisotopic (exact) mass is 223 g/mol. The van der Waals surface area contributed by atoms with E-state index in [1.807, 2.05) is 18.4 Å². The zero-order valence-corrected chi connectivity index (χ0v) is 9.85. The summed E-state index contributed by atoms with van der Waals surface area (Å²) in [6, 6.07) is 5.86. The highest BCUT2D eigenvalue weighted by Gasteiger charge is 2.09. The molecule has 0 N–H and O–H groups in total. The van der Waals surface area contributed by atoms with Crippen LogP contribution in [-0.4, -0.2) is 20.5 Å². The summed E-state index contributed by atoms with van der Waals surface area (Å²) >= 11 is 1.59. The predicted octanol–water partition coefficient (Wildman–Crippen LogP) is 2.49. The Bertz CT molecular complexity index is 385. The lowest BCUT2D eigenvalue weighted by atomic mass is 10.1. The van der Waals surface area contributed by atoms with Crippen molar-refractivity contribution in [3.63, 3.8) is 0 Å². The second kappa shape index (κ2) is 5.52. The molecule has 1 rings (SSSR count). The van der Waals surface area contributed by atoms with Crippen molar-refractivity contribution >= 4 is 11.8 Å². The predicted molar refractivity (Wildman–Crippen MR) is 60.6 cm³/mol. The first-order valence-corrected chi connectivity index (χ1v) is 5.65. The van der Waals surface area contributed by atoms with E-state index in [1.165, 1.54) is 0 Å². The molecule has 0 fully saturated rings. The number of ether oxygens (including phenoxy) is 2. The Balaban J connectivity index is 3.22. The third-order valence-electron chi connectivity index (χ3n) is 2.06. The van der Waals surface area contributed by atoms with Gasteiger partial charge in [-0.3, -0.25) is 0 Å². The van der Waals surface area contributed by atoms with Crippen molar-refractivity contribution < 1.29 is 9.47 Å². The minimum Gasteiger partial charge on any atom is -0.496 e. The molecule has 0 radical (unpaired) electrons. The van der Waals surface area contributed by atoms with E-state index in [0.717, 1.165) is 22.0 Å². The van der Waals surface area contributed by atoms with Gasteiger partial charge in [0, 0.05) is 5.56 Å². The van der Waals surface area contributed by atoms with Crippen molar-refractivity contribution in [3.8, 4) is 17.6 Å². The van der Waals surface area contributed by atoms with Gasteiger partial charge >= 0.3 is 0 Å². The van der Waals surface area contributed by atoms with Crippen LogP contribution in [0, 0.1) is 11.3 Å². The van der Waals surface area contributed by atoms with E-state index in [9.17, 15) is 0 Å². The zero-order chi connectivity index (χ0) is 11.3. The number of methoxy groups -OCH3 is 2. The summed E-state index contributed by atoms with van der Waals surface area (Å²) in [7, 11) is 3.23. The molecule has 0 heterocycles. The summed E-state index contributed by atoms with van der Waals surface area (Å²) in [5.74, 6) is 1.52. The average Bonchev–Trinajstić information content (AvgIpc) is 2.28. The maximum atomic E-state index is 8.68. The van der Waals surface area contributed by atoms with E-state index in [4.69, 9.17) is 14.7 Å². The van der Waals surface area contributed by atoms with Gasteiger partial charge in [-0.05, 0) is 18.4 Å². The molecule has 0 saturated heterocycles. The number of rotatable bonds is 4. The van der Waals surface area contributed by atoms with Gasteiger partial charge in [0.25, 0.3) is 0 Å². The SMILES string of the molecule is COc1cc(SC)c(OC)cc1CC#N. The van der Waals surface area contributed by atoms with Crippen LogP contribution in [0.4, 0.5) is 0 Å². The van der Waals surface area contributed by atoms with E-state index in [1.54, 1.807) is 26.0 Å². The lowest BCUT2D eigenvalue weighted by molar-refractivity contribution is 0.391. The van der Waals surface area contributed by atoms with Gasteiger partial charge in [-0.15, -0.1) is 11.8 Å². The number of nitrogens with zero attached hydrogens (tertiary/aromatic N) is 1. The number of nitriles is 1. The van der Waals surface area contributed by atoms with Crippen LogP contribution in [0.2, 0.25) is 0 Å². The van der Waals surface area contributed by atoms with Gasteiger partial charge in [0.1, 0.15) is 11.5 Å². The Kier molecular flexibility index (Phi) is 4.32. The number of hydrogen-bond acceptors (Lipinski definition) is 4. The van der Waals surface area contributed by atoms with Crippen molar-refractivity contribution in [2.75, 3.05) is 20.5 Å². The highest BCUT2D eigenvalue weighted by molar-refractivity contribution is 7.98. The van der Waals surface area contributed by atoms with Crippen LogP contribution in [0.1, 0.15) is 5.56 Å². The summed E-state index contributed by atoms with van der Waals surface area (Å²) in [5, 5.41) is 8.68. The molecule has 0 spiro atoms. The van der Waals surface area contributed by atoms with E-state index >= 15 is 0 Å². The Morgan fingerprint density at radius 2 is 1.93 bits per heavy atom. The van der Waals surface area contributed by atoms with Crippen molar-refractivity contribution in [2.24, 2.45) is 0 Å². The Labute approximate surface area is 94.0 Å². The Morgan fingerprint density at radius 1 is 1.27 bits per heavy atom. The van der Waals surface area contributed by atoms with Crippen LogP contribution >= 0.6 is 11.8 Å². The zero-order valence-electron chi connectivity index (χ0n) is 9.03. The molecule has 0 bridgehead atoms. The molecule has 1 aromatic rings. The first-order chi connectivity index (χ1) is 7.26. The highest BCUT2D eigenvalue weighted by Crippen LogP contribution is 2.34. The van der Waals surface area contributed by atoms with Gasteiger partial charge < -0.3 is 9.47 Å². The van der Waals surface area contributed by atoms with Gasteiger partial charge in [-0.25, -0.2) is 0 Å². The van der Waals surface area contributed by atoms with Crippen molar-refractivity contribution in [2.45, 2.75) is 11.3 Å². The first-order valence-electron chi connectivity index (χ1n) is 4.42. The molecule has 0 amide bonds. The fourth-order valence-corrected chi connectivity index (χ4v) is 1.88. The molecule has 0 aromatic heterocycles. The van der Waals surface area contributed by atoms with Crippen molar-refractivity contribution in [3.05, 3.63) is 17.7 Å². The molecule has 0 aliphatic rings. The van der Waals surface area contributed by atoms with Gasteiger partial charge in [0.2, 0.25) is 0 Å². The fourth-order valence-electron chi connectivity index (χ4n) is 1.32. The van der Waals surface area contributed by atoms with Crippen LogP contribution in [-0.2, 0) is 6.42 Å². The first kappa shape index (κ1) is 11.7. The molecule has 0 aliphatic heterocycles. The minimum atomic E-state index is 0.328. The van der Waals surface area contributed by atoms with Gasteiger partial charge in [0.15, 0.2) is 0 Å². The normalized spacial score (nSPS) is 9.47. The van der Waals surface area contributed by atoms with Crippen LogP contribution in [0.25, 0.3) is 0 Å². The smallest absolute Gasteiger partial charge is 0.132 e. The summed E-state index contributed by atoms with van der Waals surface area (Å²) in [5.41, 5.74) is 0.856. The topological polar surface area (TPSA) is 42.2 Å². The Morgan fingerprint density at radius 3 is 2.40 bits per heavy atom. The Hall–Kier alpha value is -1.34. The third kappa shape index (κ3) is 2.57. The molecule has 4 heteroatoms. The standard InChI is InChI=1S/C11H13NO2S/c1-13-9-7-11(15-3)10(14-2)6-8(9)4-5-12/h6-7H,4H2,1-3H3. The van der Waals surface area contributed by atoms with E-state index in [0.29, 0.717) is 6.42 Å². The molecule has 15 heavy (non-hydrogen) atoms. The third-order valence-corrected chi connectivity index (χ3v) is 2.81. The van der Waals surface area contributed by atoms with Crippen molar-refractivity contribution in [1.29, 1.82) is 5.26 Å². The van der Waals surface area contributed by atoms with Gasteiger partial charge in [-0.1, -0.05) is 0 Å². The lowest BCUT2D eigenvalue weighted by Crippen LogP contribution is -1.94. The maximum Gasteiger partial charge on any atom is 0.132 e. The summed E-state index contributed by atoms with van der Waals surface area (Å²) < 4.78 is 10.5. The molecular formula is C11H13NO2S. The van der Waals surface area contributed by atoms with Crippen molar-refractivity contribution in [1.82, 2.24) is 0 Å². The molecule has 0 saturated carbocycles. The quantitative estimate of drug-likeness (QED) is 0.735. The molecule has 3 nitrogen and oxygen atoms in total. The molecule has 80 valence electrons. The molecule has 0 aliphatic carbocycles. The molecule has 1 aromatic carbocycles. The molecule has 0 unspecified atom stereocenters. The number of hydrogen-bond donors (Lipinski definition) is 0. The largest absolute Gasteiger partial charge is 0.496 e. The summed E-state index contributed by atoms with van der Waals surface area (Å²) in [6.45, 7) is 0.